The fourth-order valence-electron chi connectivity index (χ4n) is 2.93. The molecule has 3 rings (SSSR count). The molecule has 7 heteroatoms. The fraction of sp³-hybridized carbons (Fsp3) is 0.350. The summed E-state index contributed by atoms with van der Waals surface area (Å²) in [6.45, 7) is 5.01. The molecule has 0 saturated heterocycles. The number of ether oxygens (including phenoxy) is 1. The molecule has 142 valence electrons. The lowest BCUT2D eigenvalue weighted by molar-refractivity contribution is 0.0699. The van der Waals surface area contributed by atoms with Gasteiger partial charge >= 0.3 is 5.97 Å². The van der Waals surface area contributed by atoms with E-state index in [4.69, 9.17) is 4.74 Å². The maximum absolute atomic E-state index is 13.0. The van der Waals surface area contributed by atoms with Gasteiger partial charge in [0.2, 0.25) is 0 Å². The van der Waals surface area contributed by atoms with Gasteiger partial charge in [-0.25, -0.2) is 9.78 Å². The van der Waals surface area contributed by atoms with Crippen LogP contribution in [0.3, 0.4) is 0 Å². The van der Waals surface area contributed by atoms with E-state index in [1.54, 1.807) is 4.57 Å². The predicted octanol–water partition coefficient (Wildman–Crippen LogP) is 4.14. The summed E-state index contributed by atoms with van der Waals surface area (Å²) in [5.41, 5.74) is -0.240. The van der Waals surface area contributed by atoms with Crippen LogP contribution in [0, 0.1) is 0 Å². The molecule has 0 aliphatic heterocycles. The van der Waals surface area contributed by atoms with Crippen molar-refractivity contribution in [3.63, 3.8) is 0 Å². The zero-order valence-electron chi connectivity index (χ0n) is 15.3. The molecular weight excluding hydrogens is 364 g/mol. The minimum absolute atomic E-state index is 0.0315. The van der Waals surface area contributed by atoms with E-state index in [2.05, 4.69) is 4.98 Å². The van der Waals surface area contributed by atoms with Crippen molar-refractivity contribution in [2.24, 2.45) is 0 Å². The van der Waals surface area contributed by atoms with Gasteiger partial charge in [0.1, 0.15) is 16.4 Å². The first-order valence-corrected chi connectivity index (χ1v) is 9.80. The zero-order chi connectivity index (χ0) is 19.4. The number of fused-ring (bicyclic) bond motifs is 1. The van der Waals surface area contributed by atoms with Crippen molar-refractivity contribution in [3.8, 4) is 5.75 Å². The van der Waals surface area contributed by atoms with Crippen LogP contribution in [-0.2, 0) is 6.54 Å². The maximum atomic E-state index is 13.0. The Bertz CT molecular complexity index is 992. The van der Waals surface area contributed by atoms with Crippen LogP contribution in [0.4, 0.5) is 0 Å². The van der Waals surface area contributed by atoms with Gasteiger partial charge in [0, 0.05) is 17.8 Å². The van der Waals surface area contributed by atoms with Gasteiger partial charge in [-0.1, -0.05) is 32.0 Å². The van der Waals surface area contributed by atoms with Crippen molar-refractivity contribution >= 4 is 27.5 Å². The van der Waals surface area contributed by atoms with Crippen LogP contribution >= 0.6 is 11.3 Å². The minimum Gasteiger partial charge on any atom is -0.494 e. The van der Waals surface area contributed by atoms with Crippen molar-refractivity contribution in [2.75, 3.05) is 6.61 Å². The average molecular weight is 386 g/mol. The van der Waals surface area contributed by atoms with Gasteiger partial charge in [0.15, 0.2) is 0 Å². The molecule has 1 N–H and O–H groups in total. The lowest BCUT2D eigenvalue weighted by Gasteiger charge is -2.15. The SMILES string of the molecule is CC(C)c1nc2scc(C(=O)O)c2c(=O)n1CCCCOc1ccccc1. The van der Waals surface area contributed by atoms with Crippen LogP contribution in [0.15, 0.2) is 40.5 Å². The Kier molecular flexibility index (Phi) is 5.91. The van der Waals surface area contributed by atoms with E-state index in [1.807, 2.05) is 44.2 Å². The smallest absolute Gasteiger partial charge is 0.337 e. The van der Waals surface area contributed by atoms with Gasteiger partial charge in [-0.05, 0) is 25.0 Å². The highest BCUT2D eigenvalue weighted by Crippen LogP contribution is 2.24. The van der Waals surface area contributed by atoms with Crippen LogP contribution in [0.2, 0.25) is 0 Å². The quantitative estimate of drug-likeness (QED) is 0.589. The summed E-state index contributed by atoms with van der Waals surface area (Å²) in [7, 11) is 0. The summed E-state index contributed by atoms with van der Waals surface area (Å²) < 4.78 is 7.30. The molecule has 0 spiro atoms. The molecule has 0 fully saturated rings. The third-order valence-corrected chi connectivity index (χ3v) is 5.13. The number of carboxylic acids is 1. The summed E-state index contributed by atoms with van der Waals surface area (Å²) in [6.07, 6.45) is 1.53. The molecule has 0 aliphatic carbocycles. The minimum atomic E-state index is -1.10. The van der Waals surface area contributed by atoms with Crippen LogP contribution in [0.1, 0.15) is 48.8 Å². The number of hydrogen-bond donors (Lipinski definition) is 1. The number of para-hydroxylation sites is 1. The van der Waals surface area contributed by atoms with Crippen molar-refractivity contribution in [2.45, 2.75) is 39.2 Å². The van der Waals surface area contributed by atoms with Gasteiger partial charge in [-0.2, -0.15) is 0 Å². The molecule has 6 nitrogen and oxygen atoms in total. The lowest BCUT2D eigenvalue weighted by Crippen LogP contribution is -2.27. The summed E-state index contributed by atoms with van der Waals surface area (Å²) >= 11 is 1.20. The third kappa shape index (κ3) is 4.19. The standard InChI is InChI=1S/C20H22N2O4S/c1-13(2)17-21-18-16(15(12-27-18)20(24)25)19(23)22(17)10-6-7-11-26-14-8-4-3-5-9-14/h3-5,8-9,12-13H,6-7,10-11H2,1-2H3,(H,24,25). The highest BCUT2D eigenvalue weighted by atomic mass is 32.1. The summed E-state index contributed by atoms with van der Waals surface area (Å²) in [5.74, 6) is 0.485. The van der Waals surface area contributed by atoms with Crippen molar-refractivity contribution in [1.82, 2.24) is 9.55 Å². The molecule has 3 aromatic rings. The summed E-state index contributed by atoms with van der Waals surface area (Å²) in [4.78, 5) is 29.4. The second-order valence-electron chi connectivity index (χ2n) is 6.58. The van der Waals surface area contributed by atoms with E-state index < -0.39 is 5.97 Å². The van der Waals surface area contributed by atoms with E-state index >= 15 is 0 Å². The van der Waals surface area contributed by atoms with E-state index in [-0.39, 0.29) is 22.4 Å². The number of carboxylic acid groups (broad SMARTS) is 1. The Morgan fingerprint density at radius 2 is 2.00 bits per heavy atom. The Hall–Kier alpha value is -2.67. The van der Waals surface area contributed by atoms with Crippen LogP contribution in [0.25, 0.3) is 10.2 Å². The molecule has 0 bridgehead atoms. The van der Waals surface area contributed by atoms with Crippen molar-refractivity contribution < 1.29 is 14.6 Å². The molecule has 2 heterocycles. The Labute approximate surface area is 161 Å². The predicted molar refractivity (Wildman–Crippen MR) is 106 cm³/mol. The van der Waals surface area contributed by atoms with Crippen LogP contribution in [-0.4, -0.2) is 27.2 Å². The van der Waals surface area contributed by atoms with Crippen molar-refractivity contribution in [3.05, 3.63) is 57.5 Å². The van der Waals surface area contributed by atoms with E-state index in [0.29, 0.717) is 23.8 Å². The van der Waals surface area contributed by atoms with E-state index in [0.717, 1.165) is 18.6 Å². The first-order chi connectivity index (χ1) is 13.0. The highest BCUT2D eigenvalue weighted by Gasteiger charge is 2.20. The topological polar surface area (TPSA) is 81.4 Å². The normalized spacial score (nSPS) is 11.2. The number of aromatic nitrogens is 2. The molecule has 1 aromatic carbocycles. The monoisotopic (exact) mass is 386 g/mol. The molecule has 0 aliphatic rings. The molecule has 0 radical (unpaired) electrons. The number of carbonyl (C=O) groups is 1. The Morgan fingerprint density at radius 3 is 2.67 bits per heavy atom. The molecule has 0 saturated carbocycles. The number of unbranched alkanes of at least 4 members (excludes halogenated alkanes) is 1. The largest absolute Gasteiger partial charge is 0.494 e. The number of rotatable bonds is 8. The van der Waals surface area contributed by atoms with Gasteiger partial charge in [0.05, 0.1) is 17.6 Å². The zero-order valence-corrected chi connectivity index (χ0v) is 16.2. The number of hydrogen-bond acceptors (Lipinski definition) is 5. The third-order valence-electron chi connectivity index (χ3n) is 4.26. The summed E-state index contributed by atoms with van der Waals surface area (Å²) in [5, 5.41) is 11.0. The molecule has 27 heavy (non-hydrogen) atoms. The average Bonchev–Trinajstić information content (AvgIpc) is 3.08. The van der Waals surface area contributed by atoms with Crippen LogP contribution < -0.4 is 10.3 Å². The molecule has 2 aromatic heterocycles. The first-order valence-electron chi connectivity index (χ1n) is 8.92. The summed E-state index contributed by atoms with van der Waals surface area (Å²) in [6, 6.07) is 9.59. The number of aromatic carboxylic acids is 1. The molecule has 0 unspecified atom stereocenters. The molecule has 0 atom stereocenters. The number of thiophene rings is 1. The highest BCUT2D eigenvalue weighted by molar-refractivity contribution is 7.17. The lowest BCUT2D eigenvalue weighted by atomic mass is 10.1. The molecular formula is C20H22N2O4S. The maximum Gasteiger partial charge on any atom is 0.337 e. The van der Waals surface area contributed by atoms with Gasteiger partial charge in [-0.3, -0.25) is 9.36 Å². The second kappa shape index (κ2) is 8.35. The van der Waals surface area contributed by atoms with Gasteiger partial charge in [0.25, 0.3) is 5.56 Å². The fourth-order valence-corrected chi connectivity index (χ4v) is 3.84. The Balaban J connectivity index is 1.77. The second-order valence-corrected chi connectivity index (χ2v) is 7.44. The van der Waals surface area contributed by atoms with Crippen LogP contribution in [0.5, 0.6) is 5.75 Å². The van der Waals surface area contributed by atoms with Gasteiger partial charge < -0.3 is 9.84 Å². The van der Waals surface area contributed by atoms with E-state index in [1.165, 1.54) is 16.7 Å². The van der Waals surface area contributed by atoms with E-state index in [9.17, 15) is 14.7 Å². The van der Waals surface area contributed by atoms with Crippen molar-refractivity contribution in [1.29, 1.82) is 0 Å². The van der Waals surface area contributed by atoms with Gasteiger partial charge in [-0.15, -0.1) is 11.3 Å². The Morgan fingerprint density at radius 1 is 1.26 bits per heavy atom. The molecule has 0 amide bonds. The number of nitrogens with zero attached hydrogens (tertiary/aromatic N) is 2. The number of benzene rings is 1. The first kappa shape index (κ1) is 19.1.